The van der Waals surface area contributed by atoms with Gasteiger partial charge in [-0.25, -0.2) is 29.9 Å². The maximum Gasteiger partial charge on any atom is 0.164 e. The van der Waals surface area contributed by atoms with Gasteiger partial charge in [0.1, 0.15) is 5.75 Å². The van der Waals surface area contributed by atoms with E-state index in [9.17, 15) is 0 Å². The monoisotopic (exact) mass is 915 g/mol. The van der Waals surface area contributed by atoms with Crippen LogP contribution < -0.4 is 14.4 Å². The van der Waals surface area contributed by atoms with Crippen LogP contribution in [0.3, 0.4) is 0 Å². The third-order valence-corrected chi connectivity index (χ3v) is 13.1. The van der Waals surface area contributed by atoms with E-state index in [0.717, 1.165) is 84.2 Å². The van der Waals surface area contributed by atoms with Crippen molar-refractivity contribution in [2.75, 3.05) is 4.90 Å². The lowest BCUT2D eigenvalue weighted by Crippen LogP contribution is -2.34. The van der Waals surface area contributed by atoms with Gasteiger partial charge in [0.15, 0.2) is 52.0 Å². The van der Waals surface area contributed by atoms with E-state index < -0.39 is 5.60 Å². The normalized spacial score (nSPS) is 14.2. The van der Waals surface area contributed by atoms with Gasteiger partial charge in [-0.2, -0.15) is 0 Å². The summed E-state index contributed by atoms with van der Waals surface area (Å²) in [6.07, 6.45) is 0. The highest BCUT2D eigenvalue weighted by molar-refractivity contribution is 5.87. The molecule has 1 atom stereocenters. The molecular formula is C62H41N7O2. The number of rotatable bonds is 8. The zero-order valence-electron chi connectivity index (χ0n) is 38.4. The van der Waals surface area contributed by atoms with Crippen molar-refractivity contribution in [1.29, 1.82) is 0 Å². The van der Waals surface area contributed by atoms with Gasteiger partial charge in [0.2, 0.25) is 0 Å². The second kappa shape index (κ2) is 17.2. The molecular weight excluding hydrogens is 875 g/mol. The number of ether oxygens (including phenoxy) is 2. The summed E-state index contributed by atoms with van der Waals surface area (Å²) in [5.74, 6) is 5.74. The van der Waals surface area contributed by atoms with Crippen LogP contribution in [-0.4, -0.2) is 29.9 Å². The zero-order valence-corrected chi connectivity index (χ0v) is 38.4. The van der Waals surface area contributed by atoms with Gasteiger partial charge in [0.05, 0.1) is 11.4 Å². The molecule has 0 saturated heterocycles. The summed E-state index contributed by atoms with van der Waals surface area (Å²) in [5, 5.41) is 0. The Kier molecular flexibility index (Phi) is 10.1. The van der Waals surface area contributed by atoms with Crippen LogP contribution in [0.15, 0.2) is 231 Å². The average Bonchev–Trinajstić information content (AvgIpc) is 3.45. The summed E-state index contributed by atoms with van der Waals surface area (Å²) >= 11 is 0. The van der Waals surface area contributed by atoms with Crippen molar-refractivity contribution in [3.8, 4) is 96.7 Å². The number of hydrogen-bond donors (Lipinski definition) is 0. The first-order chi connectivity index (χ1) is 35.0. The Labute approximate surface area is 410 Å². The van der Waals surface area contributed by atoms with Crippen LogP contribution in [0.1, 0.15) is 18.1 Å². The van der Waals surface area contributed by atoms with Crippen LogP contribution in [0.4, 0.5) is 17.1 Å². The summed E-state index contributed by atoms with van der Waals surface area (Å²) < 4.78 is 13.6. The summed E-state index contributed by atoms with van der Waals surface area (Å²) in [4.78, 5) is 32.7. The van der Waals surface area contributed by atoms with Crippen molar-refractivity contribution in [3.63, 3.8) is 0 Å². The fourth-order valence-corrected chi connectivity index (χ4v) is 9.56. The van der Waals surface area contributed by atoms with Gasteiger partial charge in [0.25, 0.3) is 0 Å². The van der Waals surface area contributed by atoms with Crippen LogP contribution in [0.2, 0.25) is 0 Å². The van der Waals surface area contributed by atoms with E-state index in [2.05, 4.69) is 96.8 Å². The second-order valence-electron chi connectivity index (χ2n) is 17.6. The largest absolute Gasteiger partial charge is 0.477 e. The predicted molar refractivity (Wildman–Crippen MR) is 280 cm³/mol. The molecule has 9 heteroatoms. The molecule has 11 aromatic rings. The third-order valence-electron chi connectivity index (χ3n) is 13.1. The number of anilines is 3. The zero-order chi connectivity index (χ0) is 47.3. The van der Waals surface area contributed by atoms with E-state index >= 15 is 0 Å². The number of fused-ring (bicyclic) bond motifs is 5. The van der Waals surface area contributed by atoms with Crippen molar-refractivity contribution >= 4 is 17.1 Å². The van der Waals surface area contributed by atoms with Gasteiger partial charge < -0.3 is 14.4 Å². The van der Waals surface area contributed by atoms with E-state index in [1.807, 2.05) is 146 Å². The smallest absolute Gasteiger partial charge is 0.164 e. The summed E-state index contributed by atoms with van der Waals surface area (Å²) in [7, 11) is 0. The Morgan fingerprint density at radius 1 is 0.338 bits per heavy atom. The highest BCUT2D eigenvalue weighted by atomic mass is 16.5. The Hall–Kier alpha value is -9.60. The Balaban J connectivity index is 0.912. The SMILES string of the molecule is CC1(c2ccccc2)Oc2cc(-c3nc(-c4ccccc4)nc(-c4ccc(N5c6ccccc6Oc6ccccc65)cc4)n3)ccc2-c2ccc(-c3nc(-c4ccccc4)nc(-c4ccccc4)n3)cc21. The van der Waals surface area contributed by atoms with E-state index in [1.54, 1.807) is 0 Å². The fourth-order valence-electron chi connectivity index (χ4n) is 9.56. The molecule has 0 fully saturated rings. The minimum Gasteiger partial charge on any atom is -0.477 e. The van der Waals surface area contributed by atoms with Crippen molar-refractivity contribution in [2.45, 2.75) is 12.5 Å². The maximum absolute atomic E-state index is 7.28. The lowest BCUT2D eigenvalue weighted by Gasteiger charge is -2.38. The molecule has 13 rings (SSSR count). The first kappa shape index (κ1) is 41.6. The molecule has 1 unspecified atom stereocenters. The summed E-state index contributed by atoms with van der Waals surface area (Å²) in [5.41, 5.74) is 11.2. The predicted octanol–water partition coefficient (Wildman–Crippen LogP) is 15.0. The lowest BCUT2D eigenvalue weighted by molar-refractivity contribution is 0.129. The molecule has 336 valence electrons. The molecule has 0 aliphatic carbocycles. The van der Waals surface area contributed by atoms with Gasteiger partial charge >= 0.3 is 0 Å². The van der Waals surface area contributed by atoms with Crippen molar-refractivity contribution in [2.24, 2.45) is 0 Å². The van der Waals surface area contributed by atoms with Crippen LogP contribution >= 0.6 is 0 Å². The minimum atomic E-state index is -0.904. The quantitative estimate of drug-likeness (QED) is 0.148. The first-order valence-corrected chi connectivity index (χ1v) is 23.5. The average molecular weight is 916 g/mol. The van der Waals surface area contributed by atoms with Crippen LogP contribution in [0.25, 0.3) is 79.5 Å². The van der Waals surface area contributed by atoms with Crippen LogP contribution in [0, 0.1) is 0 Å². The standard InChI is InChI=1S/C62H41N7O2/c1-62(46-24-12-5-13-25-46)50-38-44(60-65-56(40-18-6-2-7-19-40)63-57(66-60)41-20-8-3-9-21-41)32-36-48(50)49-37-33-45(39-55(49)71-62)61-67-58(42-22-10-4-11-23-42)64-59(68-61)43-30-34-47(35-31-43)69-51-26-14-16-28-53(51)70-54-29-17-15-27-52(54)69/h2-39H,1H3. The number of aromatic nitrogens is 6. The van der Waals surface area contributed by atoms with E-state index in [0.29, 0.717) is 40.7 Å². The van der Waals surface area contributed by atoms with E-state index in [1.165, 1.54) is 0 Å². The Morgan fingerprint density at radius 2 is 0.718 bits per heavy atom. The number of hydrogen-bond acceptors (Lipinski definition) is 9. The molecule has 0 radical (unpaired) electrons. The molecule has 2 aromatic heterocycles. The van der Waals surface area contributed by atoms with Crippen LogP contribution in [0.5, 0.6) is 17.2 Å². The molecule has 71 heavy (non-hydrogen) atoms. The van der Waals surface area contributed by atoms with E-state index in [4.69, 9.17) is 39.4 Å². The van der Waals surface area contributed by atoms with Gasteiger partial charge in [-0.1, -0.05) is 164 Å². The first-order valence-electron chi connectivity index (χ1n) is 23.5. The highest BCUT2D eigenvalue weighted by Crippen LogP contribution is 2.52. The topological polar surface area (TPSA) is 99.0 Å². The van der Waals surface area contributed by atoms with Crippen molar-refractivity contribution < 1.29 is 9.47 Å². The molecule has 4 heterocycles. The van der Waals surface area contributed by atoms with Crippen LogP contribution in [-0.2, 0) is 5.60 Å². The fraction of sp³-hybridized carbons (Fsp3) is 0.0323. The summed E-state index contributed by atoms with van der Waals surface area (Å²) in [6, 6.07) is 77.6. The van der Waals surface area contributed by atoms with Crippen molar-refractivity contribution in [1.82, 2.24) is 29.9 Å². The molecule has 0 spiro atoms. The third kappa shape index (κ3) is 7.53. The molecule has 9 nitrogen and oxygen atoms in total. The molecule has 0 saturated carbocycles. The van der Waals surface area contributed by atoms with Gasteiger partial charge in [-0.3, -0.25) is 0 Å². The Morgan fingerprint density at radius 3 is 1.21 bits per heavy atom. The second-order valence-corrected chi connectivity index (χ2v) is 17.6. The number of nitrogens with zero attached hydrogens (tertiary/aromatic N) is 7. The Bertz CT molecular complexity index is 3680. The van der Waals surface area contributed by atoms with E-state index in [-0.39, 0.29) is 0 Å². The van der Waals surface area contributed by atoms with Gasteiger partial charge in [0, 0.05) is 50.2 Å². The summed E-state index contributed by atoms with van der Waals surface area (Å²) in [6.45, 7) is 2.13. The molecule has 0 amide bonds. The molecule has 2 aliphatic heterocycles. The minimum absolute atomic E-state index is 0.529. The van der Waals surface area contributed by atoms with Gasteiger partial charge in [-0.05, 0) is 84.8 Å². The number of benzene rings is 9. The highest BCUT2D eigenvalue weighted by Gasteiger charge is 2.39. The molecule has 0 N–H and O–H groups in total. The lowest BCUT2D eigenvalue weighted by atomic mass is 9.79. The van der Waals surface area contributed by atoms with Gasteiger partial charge in [-0.15, -0.1) is 0 Å². The van der Waals surface area contributed by atoms with Crippen molar-refractivity contribution in [3.05, 3.63) is 242 Å². The molecule has 2 aliphatic rings. The molecule has 0 bridgehead atoms. The maximum atomic E-state index is 7.28. The molecule has 9 aromatic carbocycles. The number of para-hydroxylation sites is 4.